The number of nitrogens with zero attached hydrogens (tertiary/aromatic N) is 3. The van der Waals surface area contributed by atoms with Gasteiger partial charge in [0.2, 0.25) is 0 Å². The average molecular weight is 856 g/mol. The SMILES string of the molecule is c1ccc2c(c1)-c1ccccc1C21c2ccccc2-c2cccc(-c3nc(-c4ccc(-c5cccc6ccccc56)cc4)nc(-c4ccc(-c5cccc6c5sc5ccccc56)cc4)n3)c21. The Morgan fingerprint density at radius 1 is 0.288 bits per heavy atom. The molecular weight excluding hydrogens is 819 g/mol. The molecule has 0 radical (unpaired) electrons. The molecule has 0 atom stereocenters. The summed E-state index contributed by atoms with van der Waals surface area (Å²) in [5, 5.41) is 5.04. The van der Waals surface area contributed by atoms with Crippen LogP contribution in [0.1, 0.15) is 22.3 Å². The Balaban J connectivity index is 0.970. The van der Waals surface area contributed by atoms with Crippen LogP contribution in [-0.2, 0) is 5.41 Å². The third-order valence-corrected chi connectivity index (χ3v) is 15.2. The first-order valence-corrected chi connectivity index (χ1v) is 23.3. The number of benzene rings is 10. The molecule has 0 saturated carbocycles. The highest BCUT2D eigenvalue weighted by Gasteiger charge is 2.52. The molecule has 2 aromatic heterocycles. The standard InChI is InChI=1S/C62H37N3S/c1-2-16-43-38(14-1)15-11-21-44(43)39-30-34-41(35-31-39)59-63-60(42-36-32-40(33-37-42)45-22-12-24-51-49-20-6-10-29-56(49)66-58(45)51)65-61(64-59)52-25-13-23-50-48-19-5-9-28-55(48)62(57(50)52)53-26-7-3-17-46(53)47-18-4-8-27-54(47)62/h1-37H. The molecule has 2 aliphatic rings. The van der Waals surface area contributed by atoms with Gasteiger partial charge in [-0.3, -0.25) is 0 Å². The molecule has 0 bridgehead atoms. The molecule has 2 aliphatic carbocycles. The Labute approximate surface area is 386 Å². The molecule has 0 N–H and O–H groups in total. The molecule has 0 aliphatic heterocycles. The van der Waals surface area contributed by atoms with Crippen molar-refractivity contribution in [1.29, 1.82) is 0 Å². The predicted octanol–water partition coefficient (Wildman–Crippen LogP) is 16.1. The first kappa shape index (κ1) is 37.1. The van der Waals surface area contributed by atoms with Gasteiger partial charge in [-0.15, -0.1) is 11.3 Å². The Kier molecular flexibility index (Phi) is 8.07. The van der Waals surface area contributed by atoms with Gasteiger partial charge in [-0.25, -0.2) is 15.0 Å². The van der Waals surface area contributed by atoms with Crippen LogP contribution in [0.15, 0.2) is 224 Å². The molecule has 2 heterocycles. The third-order valence-electron chi connectivity index (χ3n) is 14.0. The zero-order valence-corrected chi connectivity index (χ0v) is 36.4. The van der Waals surface area contributed by atoms with E-state index >= 15 is 0 Å². The summed E-state index contributed by atoms with van der Waals surface area (Å²) in [5.41, 5.74) is 17.1. The van der Waals surface area contributed by atoms with E-state index in [1.54, 1.807) is 0 Å². The van der Waals surface area contributed by atoms with Crippen LogP contribution in [0.2, 0.25) is 0 Å². The Morgan fingerprint density at radius 2 is 0.712 bits per heavy atom. The predicted molar refractivity (Wildman–Crippen MR) is 274 cm³/mol. The van der Waals surface area contributed by atoms with Crippen molar-refractivity contribution in [3.63, 3.8) is 0 Å². The summed E-state index contributed by atoms with van der Waals surface area (Å²) < 4.78 is 2.60. The van der Waals surface area contributed by atoms with Gasteiger partial charge < -0.3 is 0 Å². The maximum Gasteiger partial charge on any atom is 0.164 e. The van der Waals surface area contributed by atoms with Gasteiger partial charge >= 0.3 is 0 Å². The second-order valence-corrected chi connectivity index (χ2v) is 18.4. The molecular formula is C62H37N3S. The Bertz CT molecular complexity index is 3870. The molecule has 4 heteroatoms. The molecule has 0 saturated heterocycles. The lowest BCUT2D eigenvalue weighted by molar-refractivity contribution is 0.794. The minimum Gasteiger partial charge on any atom is -0.208 e. The summed E-state index contributed by atoms with van der Waals surface area (Å²) in [6, 6.07) is 81.4. The Morgan fingerprint density at radius 3 is 1.39 bits per heavy atom. The topological polar surface area (TPSA) is 38.7 Å². The van der Waals surface area contributed by atoms with Gasteiger partial charge in [0.1, 0.15) is 0 Å². The second kappa shape index (κ2) is 14.3. The third kappa shape index (κ3) is 5.34. The highest BCUT2D eigenvalue weighted by molar-refractivity contribution is 7.26. The van der Waals surface area contributed by atoms with Crippen LogP contribution < -0.4 is 0 Å². The number of hydrogen-bond donors (Lipinski definition) is 0. The first-order chi connectivity index (χ1) is 32.7. The number of thiophene rings is 1. The molecule has 0 amide bonds. The number of hydrogen-bond acceptors (Lipinski definition) is 4. The molecule has 3 nitrogen and oxygen atoms in total. The van der Waals surface area contributed by atoms with E-state index in [9.17, 15) is 0 Å². The van der Waals surface area contributed by atoms with Crippen molar-refractivity contribution in [2.45, 2.75) is 5.41 Å². The van der Waals surface area contributed by atoms with Gasteiger partial charge in [0, 0.05) is 36.9 Å². The van der Waals surface area contributed by atoms with Crippen molar-refractivity contribution in [2.24, 2.45) is 0 Å². The van der Waals surface area contributed by atoms with Crippen molar-refractivity contribution >= 4 is 42.3 Å². The van der Waals surface area contributed by atoms with Crippen molar-refractivity contribution < 1.29 is 0 Å². The van der Waals surface area contributed by atoms with E-state index in [1.165, 1.54) is 86.6 Å². The van der Waals surface area contributed by atoms with Crippen LogP contribution in [-0.4, -0.2) is 15.0 Å². The van der Waals surface area contributed by atoms with Crippen LogP contribution in [0, 0.1) is 0 Å². The highest BCUT2D eigenvalue weighted by atomic mass is 32.1. The summed E-state index contributed by atoms with van der Waals surface area (Å²) in [7, 11) is 0. The van der Waals surface area contributed by atoms with Crippen molar-refractivity contribution in [3.8, 4) is 78.7 Å². The van der Waals surface area contributed by atoms with E-state index in [2.05, 4.69) is 224 Å². The highest BCUT2D eigenvalue weighted by Crippen LogP contribution is 2.64. The molecule has 12 aromatic rings. The molecule has 306 valence electrons. The minimum atomic E-state index is -0.558. The second-order valence-electron chi connectivity index (χ2n) is 17.4. The van der Waals surface area contributed by atoms with Gasteiger partial charge in [-0.1, -0.05) is 218 Å². The average Bonchev–Trinajstić information content (AvgIpc) is 4.03. The van der Waals surface area contributed by atoms with E-state index in [0.717, 1.165) is 27.8 Å². The number of aromatic nitrogens is 3. The number of fused-ring (bicyclic) bond motifs is 14. The lowest BCUT2D eigenvalue weighted by Crippen LogP contribution is -2.26. The van der Waals surface area contributed by atoms with E-state index in [1.807, 2.05) is 11.3 Å². The van der Waals surface area contributed by atoms with E-state index < -0.39 is 5.41 Å². The summed E-state index contributed by atoms with van der Waals surface area (Å²) in [5.74, 6) is 1.92. The Hall–Kier alpha value is -8.31. The smallest absolute Gasteiger partial charge is 0.164 e. The number of rotatable bonds is 5. The van der Waals surface area contributed by atoms with E-state index in [-0.39, 0.29) is 0 Å². The zero-order chi connectivity index (χ0) is 43.3. The van der Waals surface area contributed by atoms with Crippen LogP contribution in [0.5, 0.6) is 0 Å². The normalized spacial score (nSPS) is 13.0. The first-order valence-electron chi connectivity index (χ1n) is 22.5. The fraction of sp³-hybridized carbons (Fsp3) is 0.0161. The van der Waals surface area contributed by atoms with E-state index in [4.69, 9.17) is 15.0 Å². The molecule has 10 aromatic carbocycles. The summed E-state index contributed by atoms with van der Waals surface area (Å²) in [6.45, 7) is 0. The fourth-order valence-corrected chi connectivity index (χ4v) is 12.4. The fourth-order valence-electron chi connectivity index (χ4n) is 11.1. The van der Waals surface area contributed by atoms with E-state index in [0.29, 0.717) is 17.5 Å². The van der Waals surface area contributed by atoms with Crippen molar-refractivity contribution in [1.82, 2.24) is 15.0 Å². The molecule has 14 rings (SSSR count). The summed E-state index contributed by atoms with van der Waals surface area (Å²) in [6.07, 6.45) is 0. The van der Waals surface area contributed by atoms with Gasteiger partial charge in [0.25, 0.3) is 0 Å². The molecule has 0 unspecified atom stereocenters. The maximum atomic E-state index is 5.47. The monoisotopic (exact) mass is 855 g/mol. The van der Waals surface area contributed by atoms with Gasteiger partial charge in [0.15, 0.2) is 17.5 Å². The quantitative estimate of drug-likeness (QED) is 0.173. The summed E-state index contributed by atoms with van der Waals surface area (Å²) >= 11 is 1.85. The van der Waals surface area contributed by atoms with Gasteiger partial charge in [0.05, 0.1) is 5.41 Å². The largest absolute Gasteiger partial charge is 0.208 e. The van der Waals surface area contributed by atoms with Crippen molar-refractivity contribution in [2.75, 3.05) is 0 Å². The van der Waals surface area contributed by atoms with Gasteiger partial charge in [-0.2, -0.15) is 0 Å². The van der Waals surface area contributed by atoms with Crippen molar-refractivity contribution in [3.05, 3.63) is 247 Å². The maximum absolute atomic E-state index is 5.47. The molecule has 0 fully saturated rings. The summed E-state index contributed by atoms with van der Waals surface area (Å²) in [4.78, 5) is 16.2. The van der Waals surface area contributed by atoms with Crippen LogP contribution in [0.3, 0.4) is 0 Å². The zero-order valence-electron chi connectivity index (χ0n) is 35.6. The van der Waals surface area contributed by atoms with Crippen LogP contribution in [0.25, 0.3) is 110 Å². The van der Waals surface area contributed by atoms with Gasteiger partial charge in [-0.05, 0) is 83.6 Å². The molecule has 66 heavy (non-hydrogen) atoms. The lowest BCUT2D eigenvalue weighted by atomic mass is 9.69. The lowest BCUT2D eigenvalue weighted by Gasteiger charge is -2.31. The molecule has 1 spiro atoms. The van der Waals surface area contributed by atoms with Crippen LogP contribution >= 0.6 is 11.3 Å². The van der Waals surface area contributed by atoms with Crippen LogP contribution in [0.4, 0.5) is 0 Å². The minimum absolute atomic E-state index is 0.558.